The van der Waals surface area contributed by atoms with Crippen molar-refractivity contribution >= 4 is 44.3 Å². The quantitative estimate of drug-likeness (QED) is 0.492. The molecule has 0 unspecified atom stereocenters. The van der Waals surface area contributed by atoms with E-state index in [1.165, 1.54) is 30.6 Å². The number of rotatable bonds is 8. The van der Waals surface area contributed by atoms with E-state index in [0.29, 0.717) is 16.0 Å². The molecular formula is C25H34N4O4S2. The molecule has 3 aliphatic rings. The Morgan fingerprint density at radius 1 is 1.03 bits per heavy atom. The second-order valence-electron chi connectivity index (χ2n) is 10.1. The van der Waals surface area contributed by atoms with Crippen molar-refractivity contribution < 1.29 is 18.3 Å². The van der Waals surface area contributed by atoms with Crippen molar-refractivity contribution in [3.63, 3.8) is 0 Å². The van der Waals surface area contributed by atoms with Crippen LogP contribution in [-0.4, -0.2) is 58.0 Å². The molecule has 0 atom stereocenters. The highest BCUT2D eigenvalue weighted by Crippen LogP contribution is 2.55. The molecule has 3 fully saturated rings. The van der Waals surface area contributed by atoms with Crippen molar-refractivity contribution in [2.24, 2.45) is 11.1 Å². The van der Waals surface area contributed by atoms with E-state index in [1.54, 1.807) is 6.07 Å². The van der Waals surface area contributed by atoms with Gasteiger partial charge in [-0.15, -0.1) is 11.3 Å². The van der Waals surface area contributed by atoms with Crippen LogP contribution in [0.2, 0.25) is 0 Å². The molecule has 1 saturated carbocycles. The van der Waals surface area contributed by atoms with Crippen molar-refractivity contribution in [1.82, 2.24) is 0 Å². The molecule has 1 aromatic heterocycles. The molecule has 5 rings (SSSR count). The van der Waals surface area contributed by atoms with E-state index in [0.717, 1.165) is 74.4 Å². The minimum atomic E-state index is -3.65. The molecule has 1 spiro atoms. The highest BCUT2D eigenvalue weighted by molar-refractivity contribution is 7.92. The molecule has 2 aromatic rings. The van der Waals surface area contributed by atoms with Gasteiger partial charge in [-0.25, -0.2) is 8.42 Å². The second kappa shape index (κ2) is 9.63. The summed E-state index contributed by atoms with van der Waals surface area (Å²) >= 11 is 1.38. The van der Waals surface area contributed by atoms with Gasteiger partial charge in [0.15, 0.2) is 0 Å². The number of piperidine rings is 2. The molecule has 2 aliphatic heterocycles. The number of aliphatic hydroxyl groups is 1. The maximum Gasteiger partial charge on any atom is 0.259 e. The van der Waals surface area contributed by atoms with Crippen LogP contribution in [-0.2, 0) is 10.0 Å². The van der Waals surface area contributed by atoms with Crippen molar-refractivity contribution in [1.29, 1.82) is 0 Å². The predicted molar refractivity (Wildman–Crippen MR) is 142 cm³/mol. The van der Waals surface area contributed by atoms with Gasteiger partial charge in [-0.1, -0.05) is 6.07 Å². The first kappa shape index (κ1) is 24.4. The van der Waals surface area contributed by atoms with Gasteiger partial charge in [0.05, 0.1) is 23.7 Å². The lowest BCUT2D eigenvalue weighted by atomic mass is 9.92. The summed E-state index contributed by atoms with van der Waals surface area (Å²) in [6, 6.07) is 5.52. The third-order valence-corrected chi connectivity index (χ3v) is 9.96. The number of nitrogens with zero attached hydrogens (tertiary/aromatic N) is 2. The smallest absolute Gasteiger partial charge is 0.259 e. The van der Waals surface area contributed by atoms with Gasteiger partial charge in [-0.3, -0.25) is 9.52 Å². The van der Waals surface area contributed by atoms with Crippen LogP contribution in [0.3, 0.4) is 0 Å². The first-order valence-corrected chi connectivity index (χ1v) is 15.0. The average Bonchev–Trinajstić information content (AvgIpc) is 3.43. The molecule has 35 heavy (non-hydrogen) atoms. The molecule has 0 bridgehead atoms. The summed E-state index contributed by atoms with van der Waals surface area (Å²) in [4.78, 5) is 17.7. The summed E-state index contributed by atoms with van der Waals surface area (Å²) < 4.78 is 27.3. The van der Waals surface area contributed by atoms with Crippen LogP contribution in [0, 0.1) is 5.41 Å². The standard InChI is InChI=1S/C25H34N4O4S2/c26-24(31)23-22(21(17-34-23)28-10-2-1-3-11-28)19-5-4-18(27-35(32,33)15-14-30)16-20(19)29-12-8-25(6-7-25)9-13-29/h4-5,16-17,27,30H,1-3,6-15H2,(H2,26,31). The van der Waals surface area contributed by atoms with E-state index in [9.17, 15) is 13.2 Å². The number of aliphatic hydroxyl groups excluding tert-OH is 1. The van der Waals surface area contributed by atoms with Crippen molar-refractivity contribution in [3.8, 4) is 11.1 Å². The van der Waals surface area contributed by atoms with Crippen LogP contribution in [0.15, 0.2) is 23.6 Å². The summed E-state index contributed by atoms with van der Waals surface area (Å²) in [5.41, 5.74) is 10.5. The zero-order valence-corrected chi connectivity index (χ0v) is 21.6. The Balaban J connectivity index is 1.59. The largest absolute Gasteiger partial charge is 0.395 e. The summed E-state index contributed by atoms with van der Waals surface area (Å²) in [7, 11) is -3.65. The van der Waals surface area contributed by atoms with Gasteiger partial charge >= 0.3 is 0 Å². The Bertz CT molecular complexity index is 1190. The SMILES string of the molecule is NC(=O)c1scc(N2CCCCC2)c1-c1ccc(NS(=O)(=O)CCO)cc1N1CCC2(CC1)CC2. The fourth-order valence-corrected chi connectivity index (χ4v) is 7.25. The number of thiophene rings is 1. The molecule has 1 aromatic carbocycles. The van der Waals surface area contributed by atoms with Crippen molar-refractivity contribution in [3.05, 3.63) is 28.5 Å². The number of primary amides is 1. The lowest BCUT2D eigenvalue weighted by molar-refractivity contribution is 0.100. The normalized spacial score (nSPS) is 19.7. The number of sulfonamides is 1. The van der Waals surface area contributed by atoms with Gasteiger partial charge in [-0.05, 0) is 62.5 Å². The van der Waals surface area contributed by atoms with Gasteiger partial charge in [0.2, 0.25) is 10.0 Å². The zero-order chi connectivity index (χ0) is 24.6. The van der Waals surface area contributed by atoms with Crippen LogP contribution in [0.4, 0.5) is 17.1 Å². The first-order chi connectivity index (χ1) is 16.8. The molecule has 1 aliphatic carbocycles. The molecule has 190 valence electrons. The van der Waals surface area contributed by atoms with Crippen LogP contribution in [0.1, 0.15) is 54.6 Å². The van der Waals surface area contributed by atoms with E-state index in [-0.39, 0.29) is 5.75 Å². The van der Waals surface area contributed by atoms with E-state index >= 15 is 0 Å². The zero-order valence-electron chi connectivity index (χ0n) is 20.0. The van der Waals surface area contributed by atoms with Gasteiger partial charge < -0.3 is 20.6 Å². The number of nitrogens with two attached hydrogens (primary N) is 1. The number of nitrogens with one attached hydrogen (secondary N) is 1. The average molecular weight is 519 g/mol. The summed E-state index contributed by atoms with van der Waals surface area (Å²) in [6.07, 6.45) is 8.29. The van der Waals surface area contributed by atoms with Crippen molar-refractivity contribution in [2.75, 3.05) is 53.1 Å². The van der Waals surface area contributed by atoms with Gasteiger partial charge in [0.1, 0.15) is 4.88 Å². The Hall–Kier alpha value is -2.30. The fraction of sp³-hybridized carbons (Fsp3) is 0.560. The Morgan fingerprint density at radius 2 is 1.71 bits per heavy atom. The van der Waals surface area contributed by atoms with E-state index in [4.69, 9.17) is 10.8 Å². The number of amides is 1. The minimum Gasteiger partial charge on any atom is -0.395 e. The molecular weight excluding hydrogens is 484 g/mol. The number of benzene rings is 1. The minimum absolute atomic E-state index is 0.355. The van der Waals surface area contributed by atoms with Crippen LogP contribution >= 0.6 is 11.3 Å². The fourth-order valence-electron chi connectivity index (χ4n) is 5.48. The maximum atomic E-state index is 12.5. The highest BCUT2D eigenvalue weighted by atomic mass is 32.2. The molecule has 0 radical (unpaired) electrons. The molecule has 4 N–H and O–H groups in total. The predicted octanol–water partition coefficient (Wildman–Crippen LogP) is 3.62. The number of carbonyl (C=O) groups is 1. The maximum absolute atomic E-state index is 12.5. The molecule has 2 saturated heterocycles. The third kappa shape index (κ3) is 5.15. The van der Waals surface area contributed by atoms with Crippen LogP contribution < -0.4 is 20.3 Å². The first-order valence-electron chi connectivity index (χ1n) is 12.5. The Kier molecular flexibility index (Phi) is 6.71. The van der Waals surface area contributed by atoms with Gasteiger partial charge in [0, 0.05) is 48.4 Å². The Labute approximate surface area is 211 Å². The van der Waals surface area contributed by atoms with E-state index in [2.05, 4.69) is 14.5 Å². The third-order valence-electron chi connectivity index (χ3n) is 7.71. The number of carbonyl (C=O) groups excluding carboxylic acids is 1. The lowest BCUT2D eigenvalue weighted by Crippen LogP contribution is -2.35. The number of anilines is 3. The van der Waals surface area contributed by atoms with Crippen LogP contribution in [0.25, 0.3) is 11.1 Å². The monoisotopic (exact) mass is 518 g/mol. The highest BCUT2D eigenvalue weighted by Gasteiger charge is 2.44. The van der Waals surface area contributed by atoms with Gasteiger partial charge in [0.25, 0.3) is 5.91 Å². The van der Waals surface area contributed by atoms with Gasteiger partial charge in [-0.2, -0.15) is 0 Å². The van der Waals surface area contributed by atoms with Crippen molar-refractivity contribution in [2.45, 2.75) is 44.9 Å². The second-order valence-corrected chi connectivity index (χ2v) is 12.8. The summed E-state index contributed by atoms with van der Waals surface area (Å²) in [5.74, 6) is -0.797. The molecule has 10 heteroatoms. The van der Waals surface area contributed by atoms with Crippen LogP contribution in [0.5, 0.6) is 0 Å². The lowest BCUT2D eigenvalue weighted by Gasteiger charge is -2.36. The van der Waals surface area contributed by atoms with E-state index < -0.39 is 22.5 Å². The summed E-state index contributed by atoms with van der Waals surface area (Å²) in [5, 5.41) is 11.2. The summed E-state index contributed by atoms with van der Waals surface area (Å²) in [6.45, 7) is 3.25. The topological polar surface area (TPSA) is 116 Å². The molecule has 3 heterocycles. The van der Waals surface area contributed by atoms with E-state index in [1.807, 2.05) is 17.5 Å². The molecule has 1 amide bonds. The molecule has 8 nitrogen and oxygen atoms in total. The number of hydrogen-bond donors (Lipinski definition) is 3. The Morgan fingerprint density at radius 3 is 2.34 bits per heavy atom. The number of hydrogen-bond acceptors (Lipinski definition) is 7.